The Balaban J connectivity index is 1.95. The third-order valence-electron chi connectivity index (χ3n) is 5.82. The maximum Gasteiger partial charge on any atom is 0.328 e. The minimum atomic E-state index is -4.38. The number of aryl methyl sites for hydroxylation is 1. The number of nitrogens with zero attached hydrogens (tertiary/aromatic N) is 3. The van der Waals surface area contributed by atoms with Crippen molar-refractivity contribution in [3.63, 3.8) is 0 Å². The normalized spacial score (nSPS) is 13.1. The van der Waals surface area contributed by atoms with E-state index >= 15 is 0 Å². The van der Waals surface area contributed by atoms with Crippen molar-refractivity contribution in [1.82, 2.24) is 9.55 Å². The van der Waals surface area contributed by atoms with E-state index in [-0.39, 0.29) is 20.6 Å². The molecule has 0 aliphatic heterocycles. The fraction of sp³-hybridized carbons (Fsp3) is 0.231. The fourth-order valence-corrected chi connectivity index (χ4v) is 6.73. The van der Waals surface area contributed by atoms with E-state index in [1.165, 1.54) is 18.2 Å². The Bertz CT molecular complexity index is 1560. The van der Waals surface area contributed by atoms with E-state index in [1.54, 1.807) is 45.2 Å². The highest BCUT2D eigenvalue weighted by Crippen LogP contribution is 2.37. The number of pyridine rings is 1. The highest BCUT2D eigenvalue weighted by molar-refractivity contribution is 7.93. The molecule has 10 heteroatoms. The number of halogens is 2. The second kappa shape index (κ2) is 9.42. The Labute approximate surface area is 220 Å². The Morgan fingerprint density at radius 1 is 1.06 bits per heavy atom. The largest absolute Gasteiger partial charge is 0.480 e. The zero-order valence-corrected chi connectivity index (χ0v) is 22.4. The van der Waals surface area contributed by atoms with Crippen LogP contribution in [-0.2, 0) is 14.8 Å². The van der Waals surface area contributed by atoms with Gasteiger partial charge >= 0.3 is 5.97 Å². The van der Waals surface area contributed by atoms with E-state index in [9.17, 15) is 18.3 Å². The number of rotatable bonds is 6. The van der Waals surface area contributed by atoms with Crippen LogP contribution < -0.4 is 4.31 Å². The SMILES string of the molecule is Cc1cccnc1-n1ccc2cc(N(C(C(=O)O)C(C)(C)C)S(=O)(=O)c3cc(Cl)cc(Cl)c3)ccc21. The maximum absolute atomic E-state index is 14.0. The summed E-state index contributed by atoms with van der Waals surface area (Å²) in [6, 6.07) is 13.2. The second-order valence-electron chi connectivity index (χ2n) is 9.59. The lowest BCUT2D eigenvalue weighted by Crippen LogP contribution is -2.52. The lowest BCUT2D eigenvalue weighted by molar-refractivity contribution is -0.140. The molecule has 2 aromatic carbocycles. The first kappa shape index (κ1) is 26.0. The molecule has 1 atom stereocenters. The number of hydrogen-bond acceptors (Lipinski definition) is 4. The van der Waals surface area contributed by atoms with Crippen molar-refractivity contribution in [3.05, 3.63) is 82.6 Å². The quantitative estimate of drug-likeness (QED) is 0.305. The number of hydrogen-bond donors (Lipinski definition) is 1. The van der Waals surface area contributed by atoms with E-state index in [1.807, 2.05) is 35.9 Å². The molecule has 0 amide bonds. The van der Waals surface area contributed by atoms with E-state index in [0.29, 0.717) is 0 Å². The van der Waals surface area contributed by atoms with Crippen molar-refractivity contribution in [1.29, 1.82) is 0 Å². The fourth-order valence-electron chi connectivity index (χ4n) is 4.22. The van der Waals surface area contributed by atoms with Crippen LogP contribution >= 0.6 is 23.2 Å². The Morgan fingerprint density at radius 2 is 1.72 bits per heavy atom. The van der Waals surface area contributed by atoms with Gasteiger partial charge in [0.2, 0.25) is 0 Å². The average molecular weight is 546 g/mol. The molecule has 0 saturated heterocycles. The standard InChI is InChI=1S/C26H25Cl2N3O4S/c1-16-6-5-10-29-24(16)30-11-9-17-12-20(7-8-22(17)30)31(23(25(32)33)26(2,3)4)36(34,35)21-14-18(27)13-19(28)15-21/h5-15,23H,1-4H3,(H,32,33). The van der Waals surface area contributed by atoms with Gasteiger partial charge in [-0.2, -0.15) is 0 Å². The Hall–Kier alpha value is -3.07. The first-order valence-electron chi connectivity index (χ1n) is 11.1. The molecular formula is C26H25Cl2N3O4S. The van der Waals surface area contributed by atoms with E-state index < -0.39 is 27.4 Å². The van der Waals surface area contributed by atoms with Gasteiger partial charge in [0.05, 0.1) is 16.1 Å². The van der Waals surface area contributed by atoms with Crippen LogP contribution in [0.15, 0.2) is 71.9 Å². The highest BCUT2D eigenvalue weighted by atomic mass is 35.5. The Morgan fingerprint density at radius 3 is 2.31 bits per heavy atom. The topological polar surface area (TPSA) is 92.5 Å². The van der Waals surface area contributed by atoms with Crippen LogP contribution in [0, 0.1) is 12.3 Å². The molecule has 2 heterocycles. The van der Waals surface area contributed by atoms with Gasteiger partial charge in [0.1, 0.15) is 11.9 Å². The molecular weight excluding hydrogens is 521 g/mol. The summed E-state index contributed by atoms with van der Waals surface area (Å²) in [4.78, 5) is 16.8. The zero-order valence-electron chi connectivity index (χ0n) is 20.1. The van der Waals surface area contributed by atoms with E-state index in [0.717, 1.165) is 26.6 Å². The van der Waals surface area contributed by atoms with Crippen molar-refractivity contribution in [2.24, 2.45) is 5.41 Å². The predicted octanol–water partition coefficient (Wildman–Crippen LogP) is 6.34. The number of carboxylic acid groups (broad SMARTS) is 1. The van der Waals surface area contributed by atoms with Crippen molar-refractivity contribution >= 4 is 55.8 Å². The summed E-state index contributed by atoms with van der Waals surface area (Å²) in [6.45, 7) is 6.99. The van der Waals surface area contributed by atoms with Crippen LogP contribution in [0.2, 0.25) is 10.0 Å². The molecule has 0 aliphatic rings. The van der Waals surface area contributed by atoms with Gasteiger partial charge in [0.25, 0.3) is 10.0 Å². The van der Waals surface area contributed by atoms with Gasteiger partial charge in [-0.3, -0.25) is 4.31 Å². The van der Waals surface area contributed by atoms with Crippen molar-refractivity contribution in [3.8, 4) is 5.82 Å². The van der Waals surface area contributed by atoms with Crippen LogP contribution in [0.5, 0.6) is 0 Å². The van der Waals surface area contributed by atoms with Gasteiger partial charge < -0.3 is 9.67 Å². The van der Waals surface area contributed by atoms with Gasteiger partial charge in [-0.25, -0.2) is 18.2 Å². The summed E-state index contributed by atoms with van der Waals surface area (Å²) in [7, 11) is -4.38. The van der Waals surface area contributed by atoms with Crippen LogP contribution in [0.25, 0.3) is 16.7 Å². The van der Waals surface area contributed by atoms with E-state index in [4.69, 9.17) is 23.2 Å². The molecule has 0 radical (unpaired) electrons. The summed E-state index contributed by atoms with van der Waals surface area (Å²) in [6.07, 6.45) is 3.55. The Kier molecular flexibility index (Phi) is 6.81. The minimum Gasteiger partial charge on any atom is -0.480 e. The van der Waals surface area contributed by atoms with Gasteiger partial charge in [-0.1, -0.05) is 50.0 Å². The molecule has 188 valence electrons. The number of sulfonamides is 1. The minimum absolute atomic E-state index is 0.127. The van der Waals surface area contributed by atoms with E-state index in [2.05, 4.69) is 4.98 Å². The van der Waals surface area contributed by atoms with Crippen molar-refractivity contribution < 1.29 is 18.3 Å². The highest BCUT2D eigenvalue weighted by Gasteiger charge is 2.43. The third kappa shape index (κ3) is 4.81. The molecule has 0 spiro atoms. The molecule has 4 aromatic rings. The average Bonchev–Trinajstić information content (AvgIpc) is 3.18. The van der Waals surface area contributed by atoms with Crippen molar-refractivity contribution in [2.45, 2.75) is 38.6 Å². The molecule has 1 N–H and O–H groups in total. The number of anilines is 1. The number of carbonyl (C=O) groups is 1. The molecule has 4 rings (SSSR count). The second-order valence-corrected chi connectivity index (χ2v) is 12.3. The molecule has 0 fully saturated rings. The van der Waals surface area contributed by atoms with Crippen molar-refractivity contribution in [2.75, 3.05) is 4.31 Å². The maximum atomic E-state index is 14.0. The van der Waals surface area contributed by atoms with Crippen LogP contribution in [0.1, 0.15) is 26.3 Å². The van der Waals surface area contributed by atoms with Crippen LogP contribution in [0.3, 0.4) is 0 Å². The molecule has 36 heavy (non-hydrogen) atoms. The van der Waals surface area contributed by atoms with Gasteiger partial charge in [-0.05, 0) is 66.4 Å². The molecule has 0 bridgehead atoms. The summed E-state index contributed by atoms with van der Waals surface area (Å²) in [5, 5.41) is 11.2. The smallest absolute Gasteiger partial charge is 0.328 e. The number of aliphatic carboxylic acids is 1. The van der Waals surface area contributed by atoms with Gasteiger partial charge in [-0.15, -0.1) is 0 Å². The summed E-state index contributed by atoms with van der Waals surface area (Å²) >= 11 is 12.2. The molecule has 7 nitrogen and oxygen atoms in total. The summed E-state index contributed by atoms with van der Waals surface area (Å²) < 4.78 is 30.8. The zero-order chi connectivity index (χ0) is 26.4. The van der Waals surface area contributed by atoms with Crippen LogP contribution in [-0.4, -0.2) is 35.1 Å². The first-order valence-corrected chi connectivity index (χ1v) is 13.3. The van der Waals surface area contributed by atoms with Gasteiger partial charge in [0, 0.05) is 27.8 Å². The first-order chi connectivity index (χ1) is 16.8. The number of benzene rings is 2. The number of fused-ring (bicyclic) bond motifs is 1. The molecule has 0 aliphatic carbocycles. The number of carboxylic acids is 1. The number of aromatic nitrogens is 2. The monoisotopic (exact) mass is 545 g/mol. The molecule has 0 saturated carbocycles. The lowest BCUT2D eigenvalue weighted by atomic mass is 9.86. The third-order valence-corrected chi connectivity index (χ3v) is 8.03. The van der Waals surface area contributed by atoms with Gasteiger partial charge in [0.15, 0.2) is 0 Å². The molecule has 2 aromatic heterocycles. The molecule has 1 unspecified atom stereocenters. The predicted molar refractivity (Wildman–Crippen MR) is 143 cm³/mol. The summed E-state index contributed by atoms with van der Waals surface area (Å²) in [5.41, 5.74) is 1.02. The lowest BCUT2D eigenvalue weighted by Gasteiger charge is -2.37. The summed E-state index contributed by atoms with van der Waals surface area (Å²) in [5.74, 6) is -0.530. The van der Waals surface area contributed by atoms with Crippen LogP contribution in [0.4, 0.5) is 5.69 Å².